The lowest BCUT2D eigenvalue weighted by Crippen LogP contribution is -2.33. The van der Waals surface area contributed by atoms with Crippen molar-refractivity contribution in [3.05, 3.63) is 60.2 Å². The Morgan fingerprint density at radius 2 is 1.80 bits per heavy atom. The zero-order valence-electron chi connectivity index (χ0n) is 13.3. The highest BCUT2D eigenvalue weighted by Crippen LogP contribution is 2.27. The number of carbonyl (C=O) groups is 2. The molecule has 3 N–H and O–H groups in total. The molecular formula is C19H17NO5. The first-order chi connectivity index (χ1) is 12.0. The topological polar surface area (TPSA) is 99.8 Å². The third-order valence-electron chi connectivity index (χ3n) is 3.77. The van der Waals surface area contributed by atoms with Gasteiger partial charge in [-0.2, -0.15) is 0 Å². The van der Waals surface area contributed by atoms with Crippen LogP contribution in [0.5, 0.6) is 0 Å². The molecule has 0 fully saturated rings. The second-order valence-corrected chi connectivity index (χ2v) is 5.69. The lowest BCUT2D eigenvalue weighted by molar-refractivity contribution is -0.139. The average Bonchev–Trinajstić information content (AvgIpc) is 3.03. The number of aliphatic hydroxyl groups is 1. The zero-order chi connectivity index (χ0) is 17.8. The molecule has 1 amide bonds. The van der Waals surface area contributed by atoms with Gasteiger partial charge in [-0.1, -0.05) is 30.3 Å². The molecule has 6 heteroatoms. The molecule has 0 spiro atoms. The van der Waals surface area contributed by atoms with Gasteiger partial charge in [0, 0.05) is 23.1 Å². The van der Waals surface area contributed by atoms with E-state index < -0.39 is 18.5 Å². The standard InChI is InChI=1S/C19H17NO5/c21-15(10-18(22)23)11-20-19(24)13-7-5-12(6-8-13)17-9-14-3-1-2-4-16(14)25-17/h1-9,15,21H,10-11H2,(H,20,24)(H,22,23)/t15-/m1/s1. The number of amides is 1. The fourth-order valence-electron chi connectivity index (χ4n) is 2.50. The van der Waals surface area contributed by atoms with Crippen molar-refractivity contribution < 1.29 is 24.2 Å². The molecule has 128 valence electrons. The SMILES string of the molecule is O=C(O)C[C@@H](O)CNC(=O)c1ccc(-c2cc3ccccc3o2)cc1. The molecule has 25 heavy (non-hydrogen) atoms. The number of nitrogens with one attached hydrogen (secondary N) is 1. The molecule has 2 aromatic carbocycles. The molecule has 0 aliphatic rings. The Morgan fingerprint density at radius 1 is 1.08 bits per heavy atom. The summed E-state index contributed by atoms with van der Waals surface area (Å²) in [6.07, 6.45) is -1.53. The number of aliphatic hydroxyl groups excluding tert-OH is 1. The molecule has 0 saturated carbocycles. The van der Waals surface area contributed by atoms with E-state index >= 15 is 0 Å². The van der Waals surface area contributed by atoms with Crippen molar-refractivity contribution in [3.63, 3.8) is 0 Å². The van der Waals surface area contributed by atoms with Crippen LogP contribution in [-0.2, 0) is 4.79 Å². The van der Waals surface area contributed by atoms with Crippen LogP contribution in [0.1, 0.15) is 16.8 Å². The molecule has 0 aliphatic heterocycles. The highest BCUT2D eigenvalue weighted by molar-refractivity contribution is 5.94. The Labute approximate surface area is 143 Å². The van der Waals surface area contributed by atoms with E-state index in [9.17, 15) is 14.7 Å². The van der Waals surface area contributed by atoms with Crippen LogP contribution in [0.3, 0.4) is 0 Å². The van der Waals surface area contributed by atoms with Gasteiger partial charge in [-0.05, 0) is 24.3 Å². The fourth-order valence-corrected chi connectivity index (χ4v) is 2.50. The minimum absolute atomic E-state index is 0.115. The molecule has 0 unspecified atom stereocenters. The normalized spacial score (nSPS) is 12.0. The van der Waals surface area contributed by atoms with Crippen molar-refractivity contribution >= 4 is 22.8 Å². The number of carbonyl (C=O) groups excluding carboxylic acids is 1. The second kappa shape index (κ2) is 7.19. The van der Waals surface area contributed by atoms with Crippen LogP contribution >= 0.6 is 0 Å². The molecule has 0 aliphatic carbocycles. The second-order valence-electron chi connectivity index (χ2n) is 5.69. The number of benzene rings is 2. The van der Waals surface area contributed by atoms with E-state index in [1.807, 2.05) is 30.3 Å². The first kappa shape index (κ1) is 16.7. The maximum absolute atomic E-state index is 12.0. The average molecular weight is 339 g/mol. The molecule has 6 nitrogen and oxygen atoms in total. The lowest BCUT2D eigenvalue weighted by Gasteiger charge is -2.09. The van der Waals surface area contributed by atoms with E-state index in [-0.39, 0.29) is 12.5 Å². The van der Waals surface area contributed by atoms with E-state index in [4.69, 9.17) is 9.52 Å². The quantitative estimate of drug-likeness (QED) is 0.641. The highest BCUT2D eigenvalue weighted by Gasteiger charge is 2.13. The third kappa shape index (κ3) is 4.05. The van der Waals surface area contributed by atoms with Crippen LogP contribution in [0, 0.1) is 0 Å². The molecular weight excluding hydrogens is 322 g/mol. The van der Waals surface area contributed by atoms with E-state index in [1.165, 1.54) is 0 Å². The van der Waals surface area contributed by atoms with Crippen molar-refractivity contribution in [2.24, 2.45) is 0 Å². The maximum Gasteiger partial charge on any atom is 0.306 e. The zero-order valence-corrected chi connectivity index (χ0v) is 13.3. The molecule has 1 heterocycles. The van der Waals surface area contributed by atoms with E-state index in [2.05, 4.69) is 5.32 Å². The van der Waals surface area contributed by atoms with Crippen LogP contribution in [0.25, 0.3) is 22.3 Å². The van der Waals surface area contributed by atoms with Gasteiger partial charge in [0.2, 0.25) is 0 Å². The van der Waals surface area contributed by atoms with Crippen molar-refractivity contribution in [2.75, 3.05) is 6.54 Å². The molecule has 1 aromatic heterocycles. The van der Waals surface area contributed by atoms with Crippen LogP contribution < -0.4 is 5.32 Å². The number of carboxylic acids is 1. The summed E-state index contributed by atoms with van der Waals surface area (Å²) >= 11 is 0. The van der Waals surface area contributed by atoms with E-state index in [0.29, 0.717) is 11.3 Å². The van der Waals surface area contributed by atoms with E-state index in [0.717, 1.165) is 16.5 Å². The van der Waals surface area contributed by atoms with Gasteiger partial charge < -0.3 is 19.9 Å². The van der Waals surface area contributed by atoms with Gasteiger partial charge in [-0.25, -0.2) is 0 Å². The summed E-state index contributed by atoms with van der Waals surface area (Å²) in [4.78, 5) is 22.5. The van der Waals surface area contributed by atoms with Crippen LogP contribution in [0.2, 0.25) is 0 Å². The van der Waals surface area contributed by atoms with Gasteiger partial charge in [0.1, 0.15) is 11.3 Å². The molecule has 3 aromatic rings. The van der Waals surface area contributed by atoms with Gasteiger partial charge in [0.25, 0.3) is 5.91 Å². The molecule has 0 saturated heterocycles. The highest BCUT2D eigenvalue weighted by atomic mass is 16.4. The number of hydrogen-bond acceptors (Lipinski definition) is 4. The Bertz CT molecular complexity index is 865. The lowest BCUT2D eigenvalue weighted by atomic mass is 10.1. The number of para-hydroxylation sites is 1. The Hall–Kier alpha value is -3.12. The third-order valence-corrected chi connectivity index (χ3v) is 3.77. The number of rotatable bonds is 6. The number of aliphatic carboxylic acids is 1. The number of hydrogen-bond donors (Lipinski definition) is 3. The molecule has 0 bridgehead atoms. The first-order valence-corrected chi connectivity index (χ1v) is 7.80. The van der Waals surface area contributed by atoms with E-state index in [1.54, 1.807) is 24.3 Å². The predicted octanol–water partition coefficient (Wildman–Crippen LogP) is 2.67. The number of furan rings is 1. The number of fused-ring (bicyclic) bond motifs is 1. The van der Waals surface area contributed by atoms with Gasteiger partial charge in [-0.3, -0.25) is 9.59 Å². The number of carboxylic acid groups (broad SMARTS) is 1. The van der Waals surface area contributed by atoms with Crippen LogP contribution in [0.15, 0.2) is 59.0 Å². The molecule has 1 atom stereocenters. The van der Waals surface area contributed by atoms with Crippen LogP contribution in [0.4, 0.5) is 0 Å². The van der Waals surface area contributed by atoms with Gasteiger partial charge in [0.15, 0.2) is 0 Å². The Kier molecular flexibility index (Phi) is 4.81. The van der Waals surface area contributed by atoms with Crippen molar-refractivity contribution in [1.29, 1.82) is 0 Å². The summed E-state index contributed by atoms with van der Waals surface area (Å²) in [5.41, 5.74) is 2.06. The monoisotopic (exact) mass is 339 g/mol. The first-order valence-electron chi connectivity index (χ1n) is 7.80. The van der Waals surface area contributed by atoms with Crippen molar-refractivity contribution in [3.8, 4) is 11.3 Å². The van der Waals surface area contributed by atoms with Gasteiger partial charge in [0.05, 0.1) is 12.5 Å². The molecule has 3 rings (SSSR count). The summed E-state index contributed by atoms with van der Waals surface area (Å²) in [5.74, 6) is -0.775. The summed E-state index contributed by atoms with van der Waals surface area (Å²) in [6.45, 7) is -0.115. The summed E-state index contributed by atoms with van der Waals surface area (Å²) in [6, 6.07) is 16.5. The Balaban J connectivity index is 1.67. The summed E-state index contributed by atoms with van der Waals surface area (Å²) in [5, 5.41) is 21.6. The smallest absolute Gasteiger partial charge is 0.306 e. The largest absolute Gasteiger partial charge is 0.481 e. The van der Waals surface area contributed by atoms with Crippen LogP contribution in [-0.4, -0.2) is 34.7 Å². The minimum atomic E-state index is -1.11. The summed E-state index contributed by atoms with van der Waals surface area (Å²) < 4.78 is 5.78. The van der Waals surface area contributed by atoms with Gasteiger partial charge >= 0.3 is 5.97 Å². The fraction of sp³-hybridized carbons (Fsp3) is 0.158. The maximum atomic E-state index is 12.0. The van der Waals surface area contributed by atoms with Crippen molar-refractivity contribution in [1.82, 2.24) is 5.32 Å². The Morgan fingerprint density at radius 3 is 2.48 bits per heavy atom. The minimum Gasteiger partial charge on any atom is -0.481 e. The molecule has 0 radical (unpaired) electrons. The van der Waals surface area contributed by atoms with Gasteiger partial charge in [-0.15, -0.1) is 0 Å². The summed E-state index contributed by atoms with van der Waals surface area (Å²) in [7, 11) is 0. The predicted molar refractivity (Wildman–Crippen MR) is 92.2 cm³/mol. The van der Waals surface area contributed by atoms with Crippen molar-refractivity contribution in [2.45, 2.75) is 12.5 Å².